The Hall–Kier alpha value is -1.02. The second-order valence-corrected chi connectivity index (χ2v) is 6.08. The zero-order chi connectivity index (χ0) is 15.7. The lowest BCUT2D eigenvalue weighted by atomic mass is 10.1. The topological polar surface area (TPSA) is 77.4 Å². The monoisotopic (exact) mass is 310 g/mol. The Morgan fingerprint density at radius 2 is 1.95 bits per heavy atom. The quantitative estimate of drug-likeness (QED) is 0.838. The lowest BCUT2D eigenvalue weighted by Crippen LogP contribution is -2.44. The van der Waals surface area contributed by atoms with Gasteiger partial charge in [0.1, 0.15) is 24.4 Å². The minimum Gasteiger partial charge on any atom is -0.394 e. The number of rotatable bonds is 5. The van der Waals surface area contributed by atoms with Gasteiger partial charge in [0.2, 0.25) is 0 Å². The highest BCUT2D eigenvalue weighted by molar-refractivity contribution is 5.13. The molecule has 0 aliphatic carbocycles. The first-order valence-electron chi connectivity index (χ1n) is 7.46. The van der Waals surface area contributed by atoms with Crippen molar-refractivity contribution in [2.45, 2.75) is 56.9 Å². The summed E-state index contributed by atoms with van der Waals surface area (Å²) in [6.07, 6.45) is -3.25. The first-order chi connectivity index (χ1) is 10.5. The summed E-state index contributed by atoms with van der Waals surface area (Å²) in [5.41, 5.74) is 1.02. The molecule has 0 amide bonds. The van der Waals surface area contributed by atoms with E-state index in [-0.39, 0.29) is 0 Å². The van der Waals surface area contributed by atoms with Gasteiger partial charge in [0.15, 0.2) is 12.1 Å². The predicted octanol–water partition coefficient (Wildman–Crippen LogP) is 0.801. The van der Waals surface area contributed by atoms with Crippen molar-refractivity contribution in [1.29, 1.82) is 0 Å². The molecular formula is C16H22O6. The molecule has 0 saturated carbocycles. The molecule has 3 rings (SSSR count). The molecule has 0 bridgehead atoms. The second-order valence-electron chi connectivity index (χ2n) is 6.08. The fourth-order valence-corrected chi connectivity index (χ4v) is 2.87. The van der Waals surface area contributed by atoms with Gasteiger partial charge in [-0.1, -0.05) is 30.3 Å². The molecule has 6 heteroatoms. The Kier molecular flexibility index (Phi) is 4.49. The lowest BCUT2D eigenvalue weighted by molar-refractivity contribution is -0.232. The van der Waals surface area contributed by atoms with Gasteiger partial charge in [0.05, 0.1) is 13.2 Å². The molecule has 1 aromatic rings. The third-order valence-corrected chi connectivity index (χ3v) is 3.88. The van der Waals surface area contributed by atoms with E-state index in [1.54, 1.807) is 13.8 Å². The van der Waals surface area contributed by atoms with E-state index >= 15 is 0 Å². The number of hydrogen-bond acceptors (Lipinski definition) is 6. The molecule has 122 valence electrons. The number of hydrogen-bond donors (Lipinski definition) is 2. The van der Waals surface area contributed by atoms with Crippen molar-refractivity contribution in [3.63, 3.8) is 0 Å². The molecular weight excluding hydrogens is 288 g/mol. The molecule has 2 N–H and O–H groups in total. The summed E-state index contributed by atoms with van der Waals surface area (Å²) < 4.78 is 23.1. The minimum atomic E-state index is -1.04. The molecule has 2 saturated heterocycles. The molecule has 5 unspecified atom stereocenters. The smallest absolute Gasteiger partial charge is 0.190 e. The van der Waals surface area contributed by atoms with Crippen LogP contribution in [-0.2, 0) is 25.6 Å². The maximum atomic E-state index is 9.94. The fraction of sp³-hybridized carbons (Fsp3) is 0.625. The lowest BCUT2D eigenvalue weighted by Gasteiger charge is -2.28. The Balaban J connectivity index is 1.71. The van der Waals surface area contributed by atoms with Crippen molar-refractivity contribution in [3.8, 4) is 0 Å². The van der Waals surface area contributed by atoms with Crippen molar-refractivity contribution >= 4 is 0 Å². The van der Waals surface area contributed by atoms with Crippen LogP contribution in [0.3, 0.4) is 0 Å². The molecule has 6 nitrogen and oxygen atoms in total. The van der Waals surface area contributed by atoms with Crippen molar-refractivity contribution < 1.29 is 29.2 Å². The molecule has 0 aromatic heterocycles. The second kappa shape index (κ2) is 6.23. The van der Waals surface area contributed by atoms with Crippen LogP contribution in [0.4, 0.5) is 0 Å². The number of fused-ring (bicyclic) bond motifs is 1. The Morgan fingerprint density at radius 1 is 1.23 bits per heavy atom. The van der Waals surface area contributed by atoms with Crippen LogP contribution >= 0.6 is 0 Å². The first-order valence-corrected chi connectivity index (χ1v) is 7.46. The van der Waals surface area contributed by atoms with Crippen LogP contribution < -0.4 is 0 Å². The number of aliphatic hydroxyl groups is 2. The van der Waals surface area contributed by atoms with Gasteiger partial charge >= 0.3 is 0 Å². The zero-order valence-corrected chi connectivity index (χ0v) is 12.7. The largest absolute Gasteiger partial charge is 0.394 e. The molecule has 5 atom stereocenters. The maximum absolute atomic E-state index is 9.94. The summed E-state index contributed by atoms with van der Waals surface area (Å²) in [6, 6.07) is 9.73. The van der Waals surface area contributed by atoms with Crippen molar-refractivity contribution in [2.24, 2.45) is 0 Å². The van der Waals surface area contributed by atoms with Gasteiger partial charge in [0.25, 0.3) is 0 Å². The van der Waals surface area contributed by atoms with Gasteiger partial charge in [-0.3, -0.25) is 0 Å². The molecule has 22 heavy (non-hydrogen) atoms. The van der Waals surface area contributed by atoms with E-state index in [2.05, 4.69) is 0 Å². The summed E-state index contributed by atoms with van der Waals surface area (Å²) in [7, 11) is 0. The molecule has 1 aromatic carbocycles. The van der Waals surface area contributed by atoms with Crippen LogP contribution in [0.2, 0.25) is 0 Å². The number of aliphatic hydroxyl groups excluding tert-OH is 2. The van der Waals surface area contributed by atoms with E-state index in [4.69, 9.17) is 18.9 Å². The van der Waals surface area contributed by atoms with Gasteiger partial charge in [-0.15, -0.1) is 0 Å². The maximum Gasteiger partial charge on any atom is 0.190 e. The van der Waals surface area contributed by atoms with Crippen LogP contribution in [0.15, 0.2) is 30.3 Å². The van der Waals surface area contributed by atoms with E-state index in [1.165, 1.54) is 0 Å². The third-order valence-electron chi connectivity index (χ3n) is 3.88. The molecule has 2 heterocycles. The van der Waals surface area contributed by atoms with E-state index < -0.39 is 43.1 Å². The SMILES string of the molecule is CC1(C)OC2OC(C(O)CO)C(OCc3ccccc3)C2O1. The first kappa shape index (κ1) is 15.9. The normalized spacial score (nSPS) is 34.5. The summed E-state index contributed by atoms with van der Waals surface area (Å²) in [4.78, 5) is 0. The summed E-state index contributed by atoms with van der Waals surface area (Å²) in [5, 5.41) is 19.1. The summed E-state index contributed by atoms with van der Waals surface area (Å²) in [6.45, 7) is 3.58. The van der Waals surface area contributed by atoms with Gasteiger partial charge in [0, 0.05) is 0 Å². The Morgan fingerprint density at radius 3 is 2.64 bits per heavy atom. The van der Waals surface area contributed by atoms with E-state index in [9.17, 15) is 10.2 Å². The van der Waals surface area contributed by atoms with E-state index in [1.807, 2.05) is 30.3 Å². The highest BCUT2D eigenvalue weighted by atomic mass is 16.8. The van der Waals surface area contributed by atoms with Crippen LogP contribution in [0.25, 0.3) is 0 Å². The van der Waals surface area contributed by atoms with Gasteiger partial charge in [-0.25, -0.2) is 0 Å². The Bertz CT molecular complexity index is 491. The summed E-state index contributed by atoms with van der Waals surface area (Å²) in [5.74, 6) is -0.751. The average molecular weight is 310 g/mol. The number of benzene rings is 1. The zero-order valence-electron chi connectivity index (χ0n) is 12.7. The highest BCUT2D eigenvalue weighted by Crippen LogP contribution is 2.39. The minimum absolute atomic E-state index is 0.372. The highest BCUT2D eigenvalue weighted by Gasteiger charge is 2.56. The van der Waals surface area contributed by atoms with Gasteiger partial charge < -0.3 is 29.2 Å². The summed E-state index contributed by atoms with van der Waals surface area (Å²) >= 11 is 0. The number of ether oxygens (including phenoxy) is 4. The standard InChI is InChI=1S/C16H22O6/c1-16(2)21-14-13(19-9-10-6-4-3-5-7-10)12(11(18)8-17)20-15(14)22-16/h3-7,11-15,17-18H,8-9H2,1-2H3. The van der Waals surface area contributed by atoms with Crippen LogP contribution in [0, 0.1) is 0 Å². The van der Waals surface area contributed by atoms with E-state index in [0.717, 1.165) is 5.56 Å². The van der Waals surface area contributed by atoms with Gasteiger partial charge in [-0.2, -0.15) is 0 Å². The fourth-order valence-electron chi connectivity index (χ4n) is 2.87. The molecule has 2 aliphatic rings. The average Bonchev–Trinajstić information content (AvgIpc) is 2.97. The van der Waals surface area contributed by atoms with Crippen LogP contribution in [0.1, 0.15) is 19.4 Å². The van der Waals surface area contributed by atoms with E-state index in [0.29, 0.717) is 6.61 Å². The van der Waals surface area contributed by atoms with Crippen LogP contribution in [0.5, 0.6) is 0 Å². The molecule has 0 radical (unpaired) electrons. The van der Waals surface area contributed by atoms with Crippen LogP contribution in [-0.4, -0.2) is 53.3 Å². The third kappa shape index (κ3) is 3.17. The van der Waals surface area contributed by atoms with Crippen molar-refractivity contribution in [2.75, 3.05) is 6.61 Å². The Labute approximate surface area is 129 Å². The van der Waals surface area contributed by atoms with Gasteiger partial charge in [-0.05, 0) is 19.4 Å². The predicted molar refractivity (Wildman–Crippen MR) is 76.8 cm³/mol. The van der Waals surface area contributed by atoms with Crippen molar-refractivity contribution in [1.82, 2.24) is 0 Å². The molecule has 2 aliphatic heterocycles. The molecule has 2 fully saturated rings. The van der Waals surface area contributed by atoms with Crippen molar-refractivity contribution in [3.05, 3.63) is 35.9 Å². The molecule has 0 spiro atoms.